The number of carbonyl (C=O) groups is 2. The molecule has 0 fully saturated rings. The summed E-state index contributed by atoms with van der Waals surface area (Å²) in [6, 6.07) is 0. The maximum atomic E-state index is 12.8. The van der Waals surface area contributed by atoms with Gasteiger partial charge in [-0.1, -0.05) is 212 Å². The van der Waals surface area contributed by atoms with Gasteiger partial charge >= 0.3 is 11.9 Å². The third-order valence-corrected chi connectivity index (χ3v) is 10.9. The lowest BCUT2D eigenvalue weighted by atomic mass is 10.1. The normalized spacial score (nSPS) is 13.4. The quantitative estimate of drug-likeness (QED) is 0.0346. The van der Waals surface area contributed by atoms with Crippen LogP contribution in [0.3, 0.4) is 0 Å². The molecule has 0 aromatic carbocycles. The fraction of sp³-hybridized carbons (Fsp3) is 0.587. The molecule has 5 heteroatoms. The summed E-state index contributed by atoms with van der Waals surface area (Å²) in [5.74, 6) is -0.474. The van der Waals surface area contributed by atoms with Crippen LogP contribution in [0.2, 0.25) is 0 Å². The molecule has 0 aromatic rings. The molecule has 0 saturated carbocycles. The molecular weight excluding hydrogens is 837 g/mol. The fourth-order valence-corrected chi connectivity index (χ4v) is 6.89. The first-order valence-corrected chi connectivity index (χ1v) is 27.4. The first-order chi connectivity index (χ1) is 33.6. The number of hydrogen-bond donors (Lipinski definition) is 0. The Morgan fingerprint density at radius 3 is 1.00 bits per heavy atom. The molecule has 0 spiro atoms. The Labute approximate surface area is 419 Å². The molecule has 68 heavy (non-hydrogen) atoms. The Hall–Kier alpha value is -4.22. The van der Waals surface area contributed by atoms with E-state index in [1.54, 1.807) is 0 Å². The van der Waals surface area contributed by atoms with Crippen molar-refractivity contribution in [2.45, 2.75) is 219 Å². The van der Waals surface area contributed by atoms with Crippen LogP contribution in [-0.4, -0.2) is 37.9 Å². The molecule has 1 atom stereocenters. The highest BCUT2D eigenvalue weighted by Crippen LogP contribution is 2.13. The predicted octanol–water partition coefficient (Wildman–Crippen LogP) is 18.9. The minimum atomic E-state index is -0.584. The first-order valence-electron chi connectivity index (χ1n) is 27.4. The lowest BCUT2D eigenvalue weighted by Crippen LogP contribution is -2.30. The molecule has 0 heterocycles. The summed E-state index contributed by atoms with van der Waals surface area (Å²) in [5, 5.41) is 0. The number of esters is 2. The second-order valence-corrected chi connectivity index (χ2v) is 17.3. The SMILES string of the molecule is CC/C=C\C/C=C\C/C=C\C/C=C\C/C=C\CCCCCC(=O)OCC(COCCCCC/C=C\C/C=C\C/C=C\C/C=C\CC)OC(=O)CCCCCCCCC/C=C\C/C=C\C/C=C\CC. The molecule has 0 rings (SSSR count). The minimum absolute atomic E-state index is 0.0406. The van der Waals surface area contributed by atoms with Crippen molar-refractivity contribution in [3.63, 3.8) is 0 Å². The van der Waals surface area contributed by atoms with E-state index >= 15 is 0 Å². The molecule has 0 radical (unpaired) electrons. The van der Waals surface area contributed by atoms with Gasteiger partial charge in [0, 0.05) is 19.4 Å². The smallest absolute Gasteiger partial charge is 0.306 e. The lowest BCUT2D eigenvalue weighted by Gasteiger charge is -2.18. The zero-order valence-corrected chi connectivity index (χ0v) is 43.8. The van der Waals surface area contributed by atoms with Gasteiger partial charge in [0.1, 0.15) is 6.61 Å². The van der Waals surface area contributed by atoms with Gasteiger partial charge in [-0.25, -0.2) is 0 Å². The molecule has 0 bridgehead atoms. The molecule has 5 nitrogen and oxygen atoms in total. The van der Waals surface area contributed by atoms with Crippen LogP contribution in [0.25, 0.3) is 0 Å². The summed E-state index contributed by atoms with van der Waals surface area (Å²) >= 11 is 0. The molecule has 0 aliphatic heterocycles. The van der Waals surface area contributed by atoms with E-state index in [0.717, 1.165) is 154 Å². The second kappa shape index (κ2) is 57.1. The highest BCUT2D eigenvalue weighted by molar-refractivity contribution is 5.70. The van der Waals surface area contributed by atoms with Crippen molar-refractivity contribution >= 4 is 11.9 Å². The van der Waals surface area contributed by atoms with E-state index in [1.807, 2.05) is 0 Å². The van der Waals surface area contributed by atoms with Crippen LogP contribution in [0.4, 0.5) is 0 Å². The molecule has 0 N–H and O–H groups in total. The van der Waals surface area contributed by atoms with Gasteiger partial charge in [-0.05, 0) is 135 Å². The Morgan fingerprint density at radius 2 is 0.618 bits per heavy atom. The van der Waals surface area contributed by atoms with Crippen LogP contribution in [-0.2, 0) is 23.8 Å². The third-order valence-electron chi connectivity index (χ3n) is 10.9. The Morgan fingerprint density at radius 1 is 0.324 bits per heavy atom. The maximum Gasteiger partial charge on any atom is 0.306 e. The summed E-state index contributed by atoms with van der Waals surface area (Å²) < 4.78 is 17.4. The summed E-state index contributed by atoms with van der Waals surface area (Å²) in [7, 11) is 0. The van der Waals surface area contributed by atoms with Crippen molar-refractivity contribution in [1.29, 1.82) is 0 Å². The van der Waals surface area contributed by atoms with E-state index in [2.05, 4.69) is 167 Å². The van der Waals surface area contributed by atoms with Gasteiger partial charge in [-0.3, -0.25) is 9.59 Å². The van der Waals surface area contributed by atoms with Crippen molar-refractivity contribution in [3.05, 3.63) is 146 Å². The van der Waals surface area contributed by atoms with E-state index in [9.17, 15) is 9.59 Å². The molecular formula is C63H100O5. The van der Waals surface area contributed by atoms with E-state index in [0.29, 0.717) is 19.4 Å². The minimum Gasteiger partial charge on any atom is -0.462 e. The summed E-state index contributed by atoms with van der Waals surface area (Å²) in [5.41, 5.74) is 0. The van der Waals surface area contributed by atoms with E-state index < -0.39 is 6.10 Å². The van der Waals surface area contributed by atoms with Crippen LogP contribution in [0.15, 0.2) is 146 Å². The van der Waals surface area contributed by atoms with Gasteiger partial charge in [-0.2, -0.15) is 0 Å². The van der Waals surface area contributed by atoms with Crippen LogP contribution >= 0.6 is 0 Å². The van der Waals surface area contributed by atoms with E-state index in [-0.39, 0.29) is 25.2 Å². The highest BCUT2D eigenvalue weighted by Gasteiger charge is 2.17. The summed E-state index contributed by atoms with van der Waals surface area (Å²) in [6.45, 7) is 7.35. The summed E-state index contributed by atoms with van der Waals surface area (Å²) in [4.78, 5) is 25.5. The van der Waals surface area contributed by atoms with Crippen LogP contribution in [0.1, 0.15) is 213 Å². The lowest BCUT2D eigenvalue weighted by molar-refractivity contribution is -0.163. The molecule has 1 unspecified atom stereocenters. The fourth-order valence-electron chi connectivity index (χ4n) is 6.89. The number of allylic oxidation sites excluding steroid dienone is 24. The largest absolute Gasteiger partial charge is 0.462 e. The Balaban J connectivity index is 4.45. The number of carbonyl (C=O) groups excluding carboxylic acids is 2. The van der Waals surface area contributed by atoms with Gasteiger partial charge in [0.25, 0.3) is 0 Å². The van der Waals surface area contributed by atoms with Crippen molar-refractivity contribution < 1.29 is 23.8 Å². The van der Waals surface area contributed by atoms with Crippen molar-refractivity contribution in [2.75, 3.05) is 19.8 Å². The van der Waals surface area contributed by atoms with Gasteiger partial charge in [0.05, 0.1) is 6.61 Å². The topological polar surface area (TPSA) is 61.8 Å². The average Bonchev–Trinajstić information content (AvgIpc) is 3.34. The molecule has 0 amide bonds. The number of rotatable bonds is 48. The van der Waals surface area contributed by atoms with Crippen molar-refractivity contribution in [1.82, 2.24) is 0 Å². The van der Waals surface area contributed by atoms with Crippen molar-refractivity contribution in [3.8, 4) is 0 Å². The van der Waals surface area contributed by atoms with Crippen LogP contribution in [0.5, 0.6) is 0 Å². The van der Waals surface area contributed by atoms with Crippen molar-refractivity contribution in [2.24, 2.45) is 0 Å². The second-order valence-electron chi connectivity index (χ2n) is 17.3. The maximum absolute atomic E-state index is 12.8. The number of ether oxygens (including phenoxy) is 3. The first kappa shape index (κ1) is 63.8. The van der Waals surface area contributed by atoms with Crippen LogP contribution < -0.4 is 0 Å². The van der Waals surface area contributed by atoms with Gasteiger partial charge in [-0.15, -0.1) is 0 Å². The molecule has 0 aromatic heterocycles. The van der Waals surface area contributed by atoms with E-state index in [1.165, 1.54) is 25.7 Å². The average molecular weight is 937 g/mol. The number of hydrogen-bond acceptors (Lipinski definition) is 5. The monoisotopic (exact) mass is 937 g/mol. The summed E-state index contributed by atoms with van der Waals surface area (Å²) in [6.07, 6.45) is 82.9. The molecule has 0 aliphatic rings. The molecule has 0 saturated heterocycles. The molecule has 382 valence electrons. The third kappa shape index (κ3) is 54.4. The number of unbranched alkanes of at least 4 members (excludes halogenated alkanes) is 13. The highest BCUT2D eigenvalue weighted by atomic mass is 16.6. The van der Waals surface area contributed by atoms with Crippen LogP contribution in [0, 0.1) is 0 Å². The Kier molecular flexibility index (Phi) is 53.6. The Bertz CT molecular complexity index is 1480. The van der Waals surface area contributed by atoms with Gasteiger partial charge < -0.3 is 14.2 Å². The zero-order chi connectivity index (χ0) is 49.2. The van der Waals surface area contributed by atoms with E-state index in [4.69, 9.17) is 14.2 Å². The zero-order valence-electron chi connectivity index (χ0n) is 43.8. The van der Waals surface area contributed by atoms with Gasteiger partial charge in [0.2, 0.25) is 0 Å². The van der Waals surface area contributed by atoms with Gasteiger partial charge in [0.15, 0.2) is 6.10 Å². The standard InChI is InChI=1S/C63H100O5/c1-4-7-10-13-16-19-22-25-28-31-32-34-35-38-41-44-47-50-53-56-62(64)67-60-61(59-66-58-55-52-49-46-43-40-37-30-27-24-21-18-15-12-9-6-3)68-63(65)57-54-51-48-45-42-39-36-33-29-26-23-20-17-14-11-8-5-2/h7-12,16-21,25-30,32,34,38,40-41,43,61H,4-6,13-15,22-24,31,33,35-37,39,42,44-60H2,1-3H3/b10-7-,11-8-,12-9-,19-16-,20-17-,21-18-,28-25-,29-26-,30-27-,34-32-,41-38-,43-40-. The predicted molar refractivity (Wildman–Crippen MR) is 297 cm³/mol. The molecule has 0 aliphatic carbocycles.